The number of rotatable bonds is 1. The van der Waals surface area contributed by atoms with E-state index in [-0.39, 0.29) is 18.7 Å². The number of carbonyl (C=O) groups excluding carboxylic acids is 2. The third-order valence-corrected chi connectivity index (χ3v) is 3.03. The lowest BCUT2D eigenvalue weighted by Gasteiger charge is -2.41. The van der Waals surface area contributed by atoms with Crippen molar-refractivity contribution in [3.63, 3.8) is 0 Å². The lowest BCUT2D eigenvalue weighted by Crippen LogP contribution is -2.60. The zero-order chi connectivity index (χ0) is 17.1. The van der Waals surface area contributed by atoms with Gasteiger partial charge in [0.05, 0.1) is 6.04 Å². The van der Waals surface area contributed by atoms with Crippen LogP contribution in [0.5, 0.6) is 0 Å². The zero-order valence-corrected chi connectivity index (χ0v) is 14.5. The van der Waals surface area contributed by atoms with E-state index in [9.17, 15) is 9.59 Å². The predicted molar refractivity (Wildman–Crippen MR) is 83.6 cm³/mol. The summed E-state index contributed by atoms with van der Waals surface area (Å²) >= 11 is 0. The van der Waals surface area contributed by atoms with Crippen LogP contribution >= 0.6 is 0 Å². The van der Waals surface area contributed by atoms with Crippen LogP contribution in [0.2, 0.25) is 0 Å². The van der Waals surface area contributed by atoms with Crippen LogP contribution in [0.4, 0.5) is 9.59 Å². The third-order valence-electron chi connectivity index (χ3n) is 3.03. The fourth-order valence-corrected chi connectivity index (χ4v) is 2.11. The minimum Gasteiger partial charge on any atom is -0.444 e. The number of piperazine rings is 1. The quantitative estimate of drug-likeness (QED) is 0.797. The van der Waals surface area contributed by atoms with Gasteiger partial charge in [0.1, 0.15) is 11.2 Å². The smallest absolute Gasteiger partial charge is 0.410 e. The molecule has 0 aromatic heterocycles. The average molecular weight is 315 g/mol. The summed E-state index contributed by atoms with van der Waals surface area (Å²) in [4.78, 5) is 27.5. The topological polar surface area (TPSA) is 85.1 Å². The number of amides is 2. The maximum absolute atomic E-state index is 12.2. The van der Waals surface area contributed by atoms with E-state index in [4.69, 9.17) is 15.2 Å². The van der Waals surface area contributed by atoms with Gasteiger partial charge in [-0.15, -0.1) is 0 Å². The molecule has 7 heteroatoms. The van der Waals surface area contributed by atoms with E-state index in [1.165, 1.54) is 0 Å². The molecule has 0 bridgehead atoms. The van der Waals surface area contributed by atoms with Crippen LogP contribution in [-0.2, 0) is 9.47 Å². The first-order valence-electron chi connectivity index (χ1n) is 7.60. The van der Waals surface area contributed by atoms with Gasteiger partial charge in [-0.05, 0) is 41.5 Å². The van der Waals surface area contributed by atoms with Crippen molar-refractivity contribution in [2.75, 3.05) is 26.2 Å². The molecule has 0 radical (unpaired) electrons. The summed E-state index contributed by atoms with van der Waals surface area (Å²) in [6.07, 6.45) is -0.776. The number of hydrogen-bond acceptors (Lipinski definition) is 5. The van der Waals surface area contributed by atoms with Crippen molar-refractivity contribution in [2.24, 2.45) is 5.73 Å². The monoisotopic (exact) mass is 315 g/mol. The molecule has 1 aliphatic heterocycles. The van der Waals surface area contributed by atoms with Crippen molar-refractivity contribution in [3.8, 4) is 0 Å². The van der Waals surface area contributed by atoms with E-state index in [1.807, 2.05) is 41.5 Å². The molecule has 22 heavy (non-hydrogen) atoms. The van der Waals surface area contributed by atoms with Gasteiger partial charge in [0.15, 0.2) is 0 Å². The Hall–Kier alpha value is -1.50. The molecule has 0 aliphatic carbocycles. The molecule has 1 saturated heterocycles. The van der Waals surface area contributed by atoms with Crippen LogP contribution < -0.4 is 5.73 Å². The Morgan fingerprint density at radius 1 is 1.00 bits per heavy atom. The molecule has 0 unspecified atom stereocenters. The fraction of sp³-hybridized carbons (Fsp3) is 0.867. The summed E-state index contributed by atoms with van der Waals surface area (Å²) in [5.74, 6) is 0. The molecule has 0 saturated carbocycles. The second-order valence-electron chi connectivity index (χ2n) is 7.49. The van der Waals surface area contributed by atoms with Gasteiger partial charge in [-0.1, -0.05) is 0 Å². The van der Waals surface area contributed by atoms with Gasteiger partial charge in [-0.2, -0.15) is 0 Å². The van der Waals surface area contributed by atoms with Crippen LogP contribution in [0.3, 0.4) is 0 Å². The standard InChI is InChI=1S/C15H29N3O4/c1-14(2,3)21-12(19)17-7-8-18(11(9-16)10-17)13(20)22-15(4,5)6/h11H,7-10,16H2,1-6H3/t11-/m0/s1. The van der Waals surface area contributed by atoms with Crippen molar-refractivity contribution in [2.45, 2.75) is 58.8 Å². The highest BCUT2D eigenvalue weighted by atomic mass is 16.6. The summed E-state index contributed by atoms with van der Waals surface area (Å²) in [6, 6.07) is -0.267. The molecule has 1 rings (SSSR count). The van der Waals surface area contributed by atoms with Gasteiger partial charge >= 0.3 is 12.2 Å². The van der Waals surface area contributed by atoms with Gasteiger partial charge in [0.25, 0.3) is 0 Å². The summed E-state index contributed by atoms with van der Waals surface area (Å²) in [5.41, 5.74) is 4.66. The Labute approximate surface area is 132 Å². The maximum Gasteiger partial charge on any atom is 0.410 e. The van der Waals surface area contributed by atoms with E-state index in [0.717, 1.165) is 0 Å². The SMILES string of the molecule is CC(C)(C)OC(=O)N1CCN(C(=O)OC(C)(C)C)[C@@H](CN)C1. The summed E-state index contributed by atoms with van der Waals surface area (Å²) in [6.45, 7) is 12.3. The molecule has 0 aromatic carbocycles. The number of carbonyl (C=O) groups is 2. The van der Waals surface area contributed by atoms with Crippen LogP contribution in [0.25, 0.3) is 0 Å². The molecular formula is C15H29N3O4. The molecule has 1 atom stereocenters. The van der Waals surface area contributed by atoms with Gasteiger partial charge in [-0.3, -0.25) is 0 Å². The Balaban J connectivity index is 2.68. The largest absolute Gasteiger partial charge is 0.444 e. The van der Waals surface area contributed by atoms with Crippen molar-refractivity contribution < 1.29 is 19.1 Å². The predicted octanol–water partition coefficient (Wildman–Crippen LogP) is 1.80. The van der Waals surface area contributed by atoms with Crippen LogP contribution in [0.15, 0.2) is 0 Å². The van der Waals surface area contributed by atoms with Crippen LogP contribution in [0, 0.1) is 0 Å². The van der Waals surface area contributed by atoms with Gasteiger partial charge in [-0.25, -0.2) is 9.59 Å². The maximum atomic E-state index is 12.2. The summed E-state index contributed by atoms with van der Waals surface area (Å²) in [7, 11) is 0. The molecule has 1 aliphatic rings. The number of ether oxygens (including phenoxy) is 2. The van der Waals surface area contributed by atoms with Crippen molar-refractivity contribution in [1.82, 2.24) is 9.80 Å². The average Bonchev–Trinajstić information content (AvgIpc) is 2.33. The molecule has 1 fully saturated rings. The van der Waals surface area contributed by atoms with Crippen LogP contribution in [0.1, 0.15) is 41.5 Å². The lowest BCUT2D eigenvalue weighted by atomic mass is 10.1. The normalized spacial score (nSPS) is 19.9. The molecule has 128 valence electrons. The molecule has 2 amide bonds. The van der Waals surface area contributed by atoms with Crippen molar-refractivity contribution >= 4 is 12.2 Å². The van der Waals surface area contributed by atoms with Crippen molar-refractivity contribution in [3.05, 3.63) is 0 Å². The Morgan fingerprint density at radius 3 is 1.95 bits per heavy atom. The van der Waals surface area contributed by atoms with Gasteiger partial charge in [0.2, 0.25) is 0 Å². The van der Waals surface area contributed by atoms with E-state index in [2.05, 4.69) is 0 Å². The fourth-order valence-electron chi connectivity index (χ4n) is 2.11. The Bertz CT molecular complexity index is 412. The molecule has 2 N–H and O–H groups in total. The Morgan fingerprint density at radius 2 is 1.50 bits per heavy atom. The first-order chi connectivity index (χ1) is 9.93. The van der Waals surface area contributed by atoms with E-state index < -0.39 is 17.3 Å². The van der Waals surface area contributed by atoms with Crippen molar-refractivity contribution in [1.29, 1.82) is 0 Å². The minimum atomic E-state index is -0.557. The highest BCUT2D eigenvalue weighted by molar-refractivity contribution is 5.71. The van der Waals surface area contributed by atoms with E-state index in [0.29, 0.717) is 19.6 Å². The first-order valence-corrected chi connectivity index (χ1v) is 7.60. The second kappa shape index (κ2) is 6.73. The summed E-state index contributed by atoms with van der Waals surface area (Å²) < 4.78 is 10.7. The zero-order valence-electron chi connectivity index (χ0n) is 14.5. The lowest BCUT2D eigenvalue weighted by molar-refractivity contribution is -0.0134. The number of nitrogens with two attached hydrogens (primary N) is 1. The molecule has 0 aromatic rings. The summed E-state index contributed by atoms with van der Waals surface area (Å²) in [5, 5.41) is 0. The van der Waals surface area contributed by atoms with Crippen LogP contribution in [-0.4, -0.2) is 65.4 Å². The highest BCUT2D eigenvalue weighted by Gasteiger charge is 2.35. The Kier molecular flexibility index (Phi) is 5.67. The molecular weight excluding hydrogens is 286 g/mol. The molecule has 7 nitrogen and oxygen atoms in total. The number of hydrogen-bond donors (Lipinski definition) is 1. The van der Waals surface area contributed by atoms with E-state index in [1.54, 1.807) is 9.80 Å². The third kappa shape index (κ3) is 5.71. The highest BCUT2D eigenvalue weighted by Crippen LogP contribution is 2.17. The first kappa shape index (κ1) is 18.5. The second-order valence-corrected chi connectivity index (χ2v) is 7.49. The van der Waals surface area contributed by atoms with E-state index >= 15 is 0 Å². The molecule has 0 spiro atoms. The minimum absolute atomic E-state index is 0.262. The van der Waals surface area contributed by atoms with Gasteiger partial charge in [0, 0.05) is 26.2 Å². The molecule has 1 heterocycles. The van der Waals surface area contributed by atoms with Gasteiger partial charge < -0.3 is 25.0 Å². The number of nitrogens with zero attached hydrogens (tertiary/aromatic N) is 2.